The summed E-state index contributed by atoms with van der Waals surface area (Å²) >= 11 is 0. The fraction of sp³-hybridized carbons (Fsp3) is 0. The first-order valence-corrected chi connectivity index (χ1v) is 19.6. The first-order valence-electron chi connectivity index (χ1n) is 19.6. The zero-order valence-corrected chi connectivity index (χ0v) is 31.1. The van der Waals surface area contributed by atoms with E-state index >= 15 is 0 Å². The van der Waals surface area contributed by atoms with Crippen molar-refractivity contribution in [3.8, 4) is 33.6 Å². The van der Waals surface area contributed by atoms with E-state index in [1.165, 1.54) is 32.6 Å². The van der Waals surface area contributed by atoms with E-state index in [0.29, 0.717) is 0 Å². The number of nitrogens with zero attached hydrogens (tertiary/aromatic N) is 3. The Morgan fingerprint density at radius 3 is 1.90 bits per heavy atom. The summed E-state index contributed by atoms with van der Waals surface area (Å²) in [7, 11) is 0. The number of benzene rings is 8. The van der Waals surface area contributed by atoms with Crippen LogP contribution in [0.4, 0.5) is 0 Å². The minimum Gasteiger partial charge on any atom is -0.456 e. The van der Waals surface area contributed by atoms with Crippen molar-refractivity contribution in [3.05, 3.63) is 188 Å². The molecule has 5 heteroatoms. The van der Waals surface area contributed by atoms with Crippen molar-refractivity contribution >= 4 is 87.6 Å². The Balaban J connectivity index is 1.07. The van der Waals surface area contributed by atoms with E-state index in [2.05, 4.69) is 167 Å². The summed E-state index contributed by atoms with van der Waals surface area (Å²) in [6, 6.07) is 65.0. The van der Waals surface area contributed by atoms with E-state index in [0.717, 1.165) is 88.7 Å². The molecular formula is C53H31N3O2. The van der Waals surface area contributed by atoms with Crippen LogP contribution in [0, 0.1) is 0 Å². The monoisotopic (exact) mass is 741 g/mol. The molecule has 270 valence electrons. The fourth-order valence-electron chi connectivity index (χ4n) is 9.37. The second-order valence-corrected chi connectivity index (χ2v) is 15.1. The molecule has 0 N–H and O–H groups in total. The van der Waals surface area contributed by atoms with E-state index in [-0.39, 0.29) is 0 Å². The van der Waals surface area contributed by atoms with Crippen molar-refractivity contribution in [1.82, 2.24) is 14.1 Å². The summed E-state index contributed by atoms with van der Waals surface area (Å²) in [4.78, 5) is 4.73. The van der Waals surface area contributed by atoms with Gasteiger partial charge < -0.3 is 18.0 Å². The summed E-state index contributed by atoms with van der Waals surface area (Å²) in [6.45, 7) is 0. The summed E-state index contributed by atoms with van der Waals surface area (Å²) in [5.41, 5.74) is 15.8. The first-order chi connectivity index (χ1) is 28.7. The molecule has 5 nitrogen and oxygen atoms in total. The predicted octanol–water partition coefficient (Wildman–Crippen LogP) is 14.4. The lowest BCUT2D eigenvalue weighted by Crippen LogP contribution is -1.95. The van der Waals surface area contributed by atoms with Crippen LogP contribution in [0.15, 0.2) is 197 Å². The van der Waals surface area contributed by atoms with E-state index in [9.17, 15) is 0 Å². The molecule has 0 unspecified atom stereocenters. The Kier molecular flexibility index (Phi) is 6.38. The average Bonchev–Trinajstić information content (AvgIpc) is 4.03. The summed E-state index contributed by atoms with van der Waals surface area (Å²) < 4.78 is 17.2. The van der Waals surface area contributed by atoms with Gasteiger partial charge in [0.05, 0.1) is 22.1 Å². The SMILES string of the molecule is c1ccc(-n2c3ccccc3c3c2ccc2c4cc(-c5cccc(-c6ccc7oc8ccccc8c7c6)c5)ccc4n(-c4ccc5oc6cccnc6c5c4)c23)cc1. The molecular weight excluding hydrogens is 711 g/mol. The van der Waals surface area contributed by atoms with Crippen LogP contribution in [0.5, 0.6) is 0 Å². The summed E-state index contributed by atoms with van der Waals surface area (Å²) in [5.74, 6) is 0. The number of hydrogen-bond acceptors (Lipinski definition) is 3. The lowest BCUT2D eigenvalue weighted by Gasteiger charge is -2.11. The van der Waals surface area contributed by atoms with Crippen molar-refractivity contribution in [1.29, 1.82) is 0 Å². The molecule has 0 aliphatic heterocycles. The average molecular weight is 742 g/mol. The van der Waals surface area contributed by atoms with Crippen molar-refractivity contribution in [2.75, 3.05) is 0 Å². The maximum Gasteiger partial charge on any atom is 0.153 e. The van der Waals surface area contributed by atoms with Gasteiger partial charge in [-0.2, -0.15) is 0 Å². The Bertz CT molecular complexity index is 3810. The van der Waals surface area contributed by atoms with Gasteiger partial charge in [0.2, 0.25) is 0 Å². The van der Waals surface area contributed by atoms with E-state index in [1.807, 2.05) is 30.5 Å². The molecule has 0 saturated carbocycles. The minimum atomic E-state index is 0.787. The molecule has 0 aliphatic rings. The number of pyridine rings is 1. The normalized spacial score (nSPS) is 12.1. The standard InChI is InChI=1S/C53H31N3O2/c1-2-12-36(13-3-1)55-44-16-6-4-15-40(44)51-46(55)24-22-39-41-29-34(32-10-8-11-33(28-32)35-20-25-48-42(30-35)38-14-5-7-17-47(38)57-48)19-23-45(41)56(53(39)51)37-21-26-49-43(31-37)52-50(58-49)18-9-27-54-52/h1-31H. The van der Waals surface area contributed by atoms with Crippen LogP contribution in [-0.4, -0.2) is 14.1 Å². The molecule has 8 aromatic carbocycles. The molecule has 0 atom stereocenters. The van der Waals surface area contributed by atoms with Crippen molar-refractivity contribution in [2.24, 2.45) is 0 Å². The highest BCUT2D eigenvalue weighted by Crippen LogP contribution is 2.44. The number of rotatable bonds is 4. The molecule has 5 aromatic heterocycles. The molecule has 0 radical (unpaired) electrons. The molecule has 0 amide bonds. The number of aromatic nitrogens is 3. The third-order valence-electron chi connectivity index (χ3n) is 11.9. The van der Waals surface area contributed by atoms with Crippen LogP contribution < -0.4 is 0 Å². The van der Waals surface area contributed by atoms with Gasteiger partial charge in [-0.05, 0) is 113 Å². The second-order valence-electron chi connectivity index (χ2n) is 15.1. The lowest BCUT2D eigenvalue weighted by atomic mass is 9.97. The molecule has 0 aliphatic carbocycles. The summed E-state index contributed by atoms with van der Waals surface area (Å²) in [6.07, 6.45) is 1.83. The Morgan fingerprint density at radius 1 is 0.345 bits per heavy atom. The maximum absolute atomic E-state index is 6.24. The third kappa shape index (κ3) is 4.44. The minimum absolute atomic E-state index is 0.787. The van der Waals surface area contributed by atoms with Crippen LogP contribution in [0.1, 0.15) is 0 Å². The van der Waals surface area contributed by atoms with Gasteiger partial charge in [0.25, 0.3) is 0 Å². The highest BCUT2D eigenvalue weighted by molar-refractivity contribution is 6.26. The molecule has 0 fully saturated rings. The highest BCUT2D eigenvalue weighted by Gasteiger charge is 2.22. The second kappa shape index (κ2) is 11.8. The maximum atomic E-state index is 6.24. The van der Waals surface area contributed by atoms with Crippen LogP contribution in [-0.2, 0) is 0 Å². The quantitative estimate of drug-likeness (QED) is 0.180. The number of hydrogen-bond donors (Lipinski definition) is 0. The third-order valence-corrected chi connectivity index (χ3v) is 11.9. The van der Waals surface area contributed by atoms with Gasteiger partial charge in [-0.25, -0.2) is 0 Å². The largest absolute Gasteiger partial charge is 0.456 e. The molecule has 0 spiro atoms. The van der Waals surface area contributed by atoms with Crippen molar-refractivity contribution in [2.45, 2.75) is 0 Å². The van der Waals surface area contributed by atoms with E-state index in [1.54, 1.807) is 0 Å². The number of para-hydroxylation sites is 3. The Hall–Kier alpha value is -7.89. The predicted molar refractivity (Wildman–Crippen MR) is 238 cm³/mol. The number of furan rings is 2. The van der Waals surface area contributed by atoms with Crippen LogP contribution in [0.2, 0.25) is 0 Å². The lowest BCUT2D eigenvalue weighted by molar-refractivity contribution is 0.668. The van der Waals surface area contributed by atoms with E-state index in [4.69, 9.17) is 13.8 Å². The topological polar surface area (TPSA) is 49.0 Å². The molecule has 0 bridgehead atoms. The summed E-state index contributed by atoms with van der Waals surface area (Å²) in [5, 5.41) is 8.08. The van der Waals surface area contributed by atoms with Gasteiger partial charge in [-0.3, -0.25) is 4.98 Å². The molecule has 58 heavy (non-hydrogen) atoms. The zero-order valence-electron chi connectivity index (χ0n) is 31.1. The molecule has 13 rings (SSSR count). The van der Waals surface area contributed by atoms with Crippen molar-refractivity contribution in [3.63, 3.8) is 0 Å². The Labute approximate surface area is 331 Å². The van der Waals surface area contributed by atoms with Gasteiger partial charge in [0.1, 0.15) is 22.3 Å². The van der Waals surface area contributed by atoms with Crippen molar-refractivity contribution < 1.29 is 8.83 Å². The highest BCUT2D eigenvalue weighted by atomic mass is 16.3. The smallest absolute Gasteiger partial charge is 0.153 e. The molecule has 13 aromatic rings. The van der Waals surface area contributed by atoms with Gasteiger partial charge in [0.15, 0.2) is 5.58 Å². The molecule has 0 saturated heterocycles. The van der Waals surface area contributed by atoms with Crippen LogP contribution >= 0.6 is 0 Å². The van der Waals surface area contributed by atoms with Gasteiger partial charge >= 0.3 is 0 Å². The zero-order chi connectivity index (χ0) is 37.9. The van der Waals surface area contributed by atoms with Gasteiger partial charge in [-0.15, -0.1) is 0 Å². The van der Waals surface area contributed by atoms with E-state index < -0.39 is 0 Å². The molecule has 5 heterocycles. The van der Waals surface area contributed by atoms with Crippen LogP contribution in [0.25, 0.3) is 121 Å². The Morgan fingerprint density at radius 2 is 1.00 bits per heavy atom. The van der Waals surface area contributed by atoms with Gasteiger partial charge in [0, 0.05) is 55.3 Å². The van der Waals surface area contributed by atoms with Gasteiger partial charge in [-0.1, -0.05) is 91.0 Å². The fourth-order valence-corrected chi connectivity index (χ4v) is 9.37. The number of fused-ring (bicyclic) bond motifs is 13. The first kappa shape index (κ1) is 31.3. The van der Waals surface area contributed by atoms with Crippen LogP contribution in [0.3, 0.4) is 0 Å².